The summed E-state index contributed by atoms with van der Waals surface area (Å²) in [6.45, 7) is 3.33. The average Bonchev–Trinajstić information content (AvgIpc) is 2.84. The lowest BCUT2D eigenvalue weighted by Gasteiger charge is -2.33. The summed E-state index contributed by atoms with van der Waals surface area (Å²) >= 11 is 0. The SMILES string of the molecule is CN(C)CCCOc1ccc(N2N=C3c4cc(OCCCN(C)C)ccc4CCC3CC2=O)cc1. The van der Waals surface area contributed by atoms with Crippen LogP contribution in [-0.2, 0) is 11.2 Å². The minimum Gasteiger partial charge on any atom is -0.494 e. The summed E-state index contributed by atoms with van der Waals surface area (Å²) in [5.74, 6) is 1.87. The third kappa shape index (κ3) is 6.61. The van der Waals surface area contributed by atoms with Crippen LogP contribution in [0.25, 0.3) is 0 Å². The predicted octanol–water partition coefficient (Wildman–Crippen LogP) is 4.05. The van der Waals surface area contributed by atoms with Gasteiger partial charge >= 0.3 is 0 Å². The summed E-state index contributed by atoms with van der Waals surface area (Å²) < 4.78 is 11.9. The molecule has 0 bridgehead atoms. The lowest BCUT2D eigenvalue weighted by Crippen LogP contribution is -2.39. The number of hydrogen-bond donors (Lipinski definition) is 0. The van der Waals surface area contributed by atoms with E-state index in [2.05, 4.69) is 56.2 Å². The number of anilines is 1. The van der Waals surface area contributed by atoms with Crippen molar-refractivity contribution >= 4 is 17.3 Å². The zero-order valence-electron chi connectivity index (χ0n) is 21.5. The number of amides is 1. The van der Waals surface area contributed by atoms with Crippen molar-refractivity contribution < 1.29 is 14.3 Å². The molecule has 0 spiro atoms. The van der Waals surface area contributed by atoms with Gasteiger partial charge < -0.3 is 19.3 Å². The molecule has 188 valence electrons. The van der Waals surface area contributed by atoms with Crippen molar-refractivity contribution in [1.82, 2.24) is 9.80 Å². The maximum atomic E-state index is 13.0. The molecular formula is C28H38N4O3. The van der Waals surface area contributed by atoms with Gasteiger partial charge in [-0.25, -0.2) is 5.01 Å². The van der Waals surface area contributed by atoms with Crippen LogP contribution in [0, 0.1) is 5.92 Å². The maximum absolute atomic E-state index is 13.0. The van der Waals surface area contributed by atoms with E-state index in [0.29, 0.717) is 19.6 Å². The lowest BCUT2D eigenvalue weighted by molar-refractivity contribution is -0.119. The molecule has 1 heterocycles. The Morgan fingerprint density at radius 2 is 1.54 bits per heavy atom. The van der Waals surface area contributed by atoms with Crippen LogP contribution < -0.4 is 14.5 Å². The summed E-state index contributed by atoms with van der Waals surface area (Å²) in [7, 11) is 8.25. The number of carbonyl (C=O) groups is 1. The molecule has 1 unspecified atom stereocenters. The highest BCUT2D eigenvalue weighted by molar-refractivity contribution is 6.11. The molecule has 0 radical (unpaired) electrons. The first-order valence-corrected chi connectivity index (χ1v) is 12.6. The van der Waals surface area contributed by atoms with Gasteiger partial charge in [-0.05, 0) is 95.8 Å². The fraction of sp³-hybridized carbons (Fsp3) is 0.500. The number of carbonyl (C=O) groups excluding carboxylic acids is 1. The third-order valence-electron chi connectivity index (χ3n) is 6.49. The Morgan fingerprint density at radius 1 is 0.914 bits per heavy atom. The number of hydrogen-bond acceptors (Lipinski definition) is 6. The fourth-order valence-electron chi connectivity index (χ4n) is 4.61. The van der Waals surface area contributed by atoms with E-state index in [0.717, 1.165) is 67.2 Å². The Balaban J connectivity index is 1.47. The van der Waals surface area contributed by atoms with Gasteiger partial charge in [-0.15, -0.1) is 0 Å². The van der Waals surface area contributed by atoms with Gasteiger partial charge in [0.15, 0.2) is 0 Å². The molecule has 0 saturated heterocycles. The second-order valence-electron chi connectivity index (χ2n) is 9.95. The van der Waals surface area contributed by atoms with E-state index < -0.39 is 0 Å². The van der Waals surface area contributed by atoms with Gasteiger partial charge in [-0.2, -0.15) is 5.10 Å². The standard InChI is InChI=1S/C28H38N4O3/c1-30(2)15-5-17-34-24-13-10-23(11-14-24)32-27(33)19-22-8-7-21-9-12-25(20-26(21)28(22)29-32)35-18-6-16-31(3)4/h9-14,20,22H,5-8,15-19H2,1-4H3. The highest BCUT2D eigenvalue weighted by Crippen LogP contribution is 2.35. The molecule has 0 fully saturated rings. The largest absolute Gasteiger partial charge is 0.494 e. The molecule has 1 amide bonds. The Bertz CT molecular complexity index is 1030. The molecule has 7 heteroatoms. The van der Waals surface area contributed by atoms with Crippen molar-refractivity contribution in [3.05, 3.63) is 53.6 Å². The molecular weight excluding hydrogens is 440 g/mol. The number of aryl methyl sites for hydroxylation is 1. The number of rotatable bonds is 11. The van der Waals surface area contributed by atoms with E-state index in [1.807, 2.05) is 24.3 Å². The minimum atomic E-state index is 0.0398. The zero-order chi connectivity index (χ0) is 24.8. The quantitative estimate of drug-likeness (QED) is 0.456. The summed E-state index contributed by atoms with van der Waals surface area (Å²) in [5.41, 5.74) is 4.15. The zero-order valence-corrected chi connectivity index (χ0v) is 21.5. The van der Waals surface area contributed by atoms with Crippen LogP contribution in [0.1, 0.15) is 36.8 Å². The van der Waals surface area contributed by atoms with Gasteiger partial charge in [-0.1, -0.05) is 6.07 Å². The van der Waals surface area contributed by atoms with Gasteiger partial charge in [0.1, 0.15) is 11.5 Å². The minimum absolute atomic E-state index is 0.0398. The van der Waals surface area contributed by atoms with Gasteiger partial charge in [0, 0.05) is 31.0 Å². The van der Waals surface area contributed by atoms with E-state index >= 15 is 0 Å². The first kappa shape index (κ1) is 25.2. The summed E-state index contributed by atoms with van der Waals surface area (Å²) in [5, 5.41) is 6.43. The molecule has 0 saturated carbocycles. The van der Waals surface area contributed by atoms with Crippen LogP contribution in [0.4, 0.5) is 5.69 Å². The van der Waals surface area contributed by atoms with Crippen molar-refractivity contribution in [2.45, 2.75) is 32.1 Å². The van der Waals surface area contributed by atoms with Gasteiger partial charge in [0.05, 0.1) is 24.6 Å². The number of benzene rings is 2. The van der Waals surface area contributed by atoms with Crippen LogP contribution in [0.5, 0.6) is 11.5 Å². The molecule has 2 aliphatic rings. The Kier molecular flexibility index (Phi) is 8.42. The maximum Gasteiger partial charge on any atom is 0.248 e. The number of hydrazone groups is 1. The number of nitrogens with zero attached hydrogens (tertiary/aromatic N) is 4. The Morgan fingerprint density at radius 3 is 2.20 bits per heavy atom. The topological polar surface area (TPSA) is 57.6 Å². The van der Waals surface area contributed by atoms with Crippen LogP contribution in [-0.4, -0.2) is 75.9 Å². The smallest absolute Gasteiger partial charge is 0.248 e. The van der Waals surface area contributed by atoms with E-state index in [9.17, 15) is 4.79 Å². The first-order chi connectivity index (χ1) is 16.9. The van der Waals surface area contributed by atoms with Crippen LogP contribution in [0.3, 0.4) is 0 Å². The van der Waals surface area contributed by atoms with E-state index in [1.165, 1.54) is 5.56 Å². The van der Waals surface area contributed by atoms with Gasteiger partial charge in [0.2, 0.25) is 5.91 Å². The Hall–Kier alpha value is -2.90. The van der Waals surface area contributed by atoms with E-state index in [4.69, 9.17) is 14.6 Å². The van der Waals surface area contributed by atoms with Crippen molar-refractivity contribution in [2.24, 2.45) is 11.0 Å². The fourth-order valence-corrected chi connectivity index (χ4v) is 4.61. The van der Waals surface area contributed by atoms with Crippen LogP contribution in [0.15, 0.2) is 47.6 Å². The molecule has 4 rings (SSSR count). The summed E-state index contributed by atoms with van der Waals surface area (Å²) in [4.78, 5) is 17.3. The molecule has 7 nitrogen and oxygen atoms in total. The predicted molar refractivity (Wildman–Crippen MR) is 141 cm³/mol. The molecule has 1 aliphatic carbocycles. The highest BCUT2D eigenvalue weighted by atomic mass is 16.5. The number of fused-ring (bicyclic) bond motifs is 3. The molecule has 1 atom stereocenters. The summed E-state index contributed by atoms with van der Waals surface area (Å²) in [6, 6.07) is 14.0. The normalized spacial score (nSPS) is 17.3. The molecule has 0 aromatic heterocycles. The van der Waals surface area contributed by atoms with Crippen molar-refractivity contribution in [3.8, 4) is 11.5 Å². The summed E-state index contributed by atoms with van der Waals surface area (Å²) in [6.07, 6.45) is 4.34. The second-order valence-corrected chi connectivity index (χ2v) is 9.95. The average molecular weight is 479 g/mol. The highest BCUT2D eigenvalue weighted by Gasteiger charge is 2.34. The first-order valence-electron chi connectivity index (χ1n) is 12.6. The third-order valence-corrected chi connectivity index (χ3v) is 6.49. The molecule has 2 aromatic rings. The number of ether oxygens (including phenoxy) is 2. The van der Waals surface area contributed by atoms with Crippen LogP contribution in [0.2, 0.25) is 0 Å². The van der Waals surface area contributed by atoms with Gasteiger partial charge in [0.25, 0.3) is 0 Å². The van der Waals surface area contributed by atoms with E-state index in [-0.39, 0.29) is 11.8 Å². The molecule has 0 N–H and O–H groups in total. The van der Waals surface area contributed by atoms with Gasteiger partial charge in [-0.3, -0.25) is 4.79 Å². The monoisotopic (exact) mass is 478 g/mol. The van der Waals surface area contributed by atoms with Crippen molar-refractivity contribution in [3.63, 3.8) is 0 Å². The van der Waals surface area contributed by atoms with Crippen molar-refractivity contribution in [2.75, 3.05) is 59.5 Å². The molecule has 2 aromatic carbocycles. The molecule has 35 heavy (non-hydrogen) atoms. The van der Waals surface area contributed by atoms with Crippen molar-refractivity contribution in [1.29, 1.82) is 0 Å². The second kappa shape index (κ2) is 11.7. The molecule has 1 aliphatic heterocycles. The van der Waals surface area contributed by atoms with Crippen LogP contribution >= 0.6 is 0 Å². The lowest BCUT2D eigenvalue weighted by atomic mass is 9.79. The Labute approximate surface area is 209 Å². The van der Waals surface area contributed by atoms with E-state index in [1.54, 1.807) is 5.01 Å².